The first-order valence-corrected chi connectivity index (χ1v) is 7.56. The Balaban J connectivity index is 1.81. The molecule has 1 aromatic rings. The van der Waals surface area contributed by atoms with E-state index in [9.17, 15) is 9.18 Å². The van der Waals surface area contributed by atoms with Crippen LogP contribution in [0.4, 0.5) is 4.39 Å². The average molecular weight is 293 g/mol. The van der Waals surface area contributed by atoms with E-state index in [2.05, 4.69) is 22.5 Å². The lowest BCUT2D eigenvalue weighted by atomic mass is 10.1. The first kappa shape index (κ1) is 15.9. The Hall–Kier alpha value is -1.46. The van der Waals surface area contributed by atoms with Gasteiger partial charge in [0.05, 0.1) is 6.54 Å². The number of carbonyl (C=O) groups excluding carboxylic acids is 1. The minimum Gasteiger partial charge on any atom is -0.351 e. The highest BCUT2D eigenvalue weighted by Crippen LogP contribution is 2.09. The number of rotatable bonds is 7. The largest absolute Gasteiger partial charge is 0.351 e. The summed E-state index contributed by atoms with van der Waals surface area (Å²) in [7, 11) is 0. The topological polar surface area (TPSA) is 44.4 Å². The van der Waals surface area contributed by atoms with Crippen LogP contribution in [-0.2, 0) is 11.3 Å². The molecule has 2 N–H and O–H groups in total. The molecule has 5 heteroatoms. The molecule has 1 heterocycles. The van der Waals surface area contributed by atoms with E-state index < -0.39 is 0 Å². The van der Waals surface area contributed by atoms with Gasteiger partial charge in [0, 0.05) is 25.7 Å². The summed E-state index contributed by atoms with van der Waals surface area (Å²) in [5.74, 6) is -0.230. The number of benzene rings is 1. The van der Waals surface area contributed by atoms with Crippen molar-refractivity contribution in [2.75, 3.05) is 26.2 Å². The van der Waals surface area contributed by atoms with E-state index in [4.69, 9.17) is 0 Å². The molecule has 0 aliphatic carbocycles. The molecular formula is C16H24FN3O. The third-order valence-electron chi connectivity index (χ3n) is 3.86. The van der Waals surface area contributed by atoms with Crippen LogP contribution in [0.3, 0.4) is 0 Å². The zero-order valence-electron chi connectivity index (χ0n) is 12.8. The number of hydrogen-bond acceptors (Lipinski definition) is 3. The van der Waals surface area contributed by atoms with E-state index in [1.807, 2.05) is 6.07 Å². The molecule has 1 amide bonds. The maximum Gasteiger partial charge on any atom is 0.234 e. The Labute approximate surface area is 125 Å². The van der Waals surface area contributed by atoms with Crippen molar-refractivity contribution in [2.24, 2.45) is 0 Å². The Morgan fingerprint density at radius 1 is 1.48 bits per heavy atom. The number of aryl methyl sites for hydroxylation is 1. The molecule has 0 saturated carbocycles. The SMILES string of the molecule is CCCN(CC(=O)NCc1ccc(C)c(F)c1)C1CNC1. The first-order chi connectivity index (χ1) is 10.1. The molecule has 0 atom stereocenters. The van der Waals surface area contributed by atoms with E-state index in [-0.39, 0.29) is 11.7 Å². The molecule has 4 nitrogen and oxygen atoms in total. The van der Waals surface area contributed by atoms with Gasteiger partial charge in [-0.05, 0) is 37.1 Å². The van der Waals surface area contributed by atoms with Crippen molar-refractivity contribution in [3.63, 3.8) is 0 Å². The van der Waals surface area contributed by atoms with Crippen molar-refractivity contribution in [1.82, 2.24) is 15.5 Å². The first-order valence-electron chi connectivity index (χ1n) is 7.56. The summed E-state index contributed by atoms with van der Waals surface area (Å²) in [5, 5.41) is 6.10. The fourth-order valence-corrected chi connectivity index (χ4v) is 2.40. The molecule has 2 rings (SSSR count). The monoisotopic (exact) mass is 293 g/mol. The van der Waals surface area contributed by atoms with Crippen LogP contribution in [0, 0.1) is 12.7 Å². The van der Waals surface area contributed by atoms with Gasteiger partial charge in [0.15, 0.2) is 0 Å². The maximum absolute atomic E-state index is 13.4. The minimum atomic E-state index is -0.227. The molecule has 1 saturated heterocycles. The molecule has 0 aromatic heterocycles. The van der Waals surface area contributed by atoms with Gasteiger partial charge in [0.25, 0.3) is 0 Å². The summed E-state index contributed by atoms with van der Waals surface area (Å²) in [5.41, 5.74) is 1.41. The van der Waals surface area contributed by atoms with Gasteiger partial charge in [-0.3, -0.25) is 9.69 Å². The van der Waals surface area contributed by atoms with E-state index in [0.717, 1.165) is 31.6 Å². The summed E-state index contributed by atoms with van der Waals surface area (Å²) < 4.78 is 13.4. The molecule has 1 aliphatic rings. The van der Waals surface area contributed by atoms with Crippen LogP contribution < -0.4 is 10.6 Å². The van der Waals surface area contributed by atoms with Crippen LogP contribution in [0.5, 0.6) is 0 Å². The third-order valence-corrected chi connectivity index (χ3v) is 3.86. The molecular weight excluding hydrogens is 269 g/mol. The van der Waals surface area contributed by atoms with Gasteiger partial charge in [-0.25, -0.2) is 4.39 Å². The molecule has 0 bridgehead atoms. The van der Waals surface area contributed by atoms with Gasteiger partial charge >= 0.3 is 0 Å². The lowest BCUT2D eigenvalue weighted by Crippen LogP contribution is -2.59. The molecule has 1 fully saturated rings. The second-order valence-electron chi connectivity index (χ2n) is 5.64. The summed E-state index contributed by atoms with van der Waals surface area (Å²) in [6.45, 7) is 7.47. The van der Waals surface area contributed by atoms with Crippen molar-refractivity contribution < 1.29 is 9.18 Å². The van der Waals surface area contributed by atoms with Crippen molar-refractivity contribution in [3.8, 4) is 0 Å². The predicted molar refractivity (Wildman–Crippen MR) is 81.5 cm³/mol. The fraction of sp³-hybridized carbons (Fsp3) is 0.562. The molecule has 1 aliphatic heterocycles. The van der Waals surface area contributed by atoms with Crippen LogP contribution in [0.15, 0.2) is 18.2 Å². The zero-order chi connectivity index (χ0) is 15.2. The fourth-order valence-electron chi connectivity index (χ4n) is 2.40. The quantitative estimate of drug-likeness (QED) is 0.799. The van der Waals surface area contributed by atoms with Gasteiger partial charge in [0.2, 0.25) is 5.91 Å². The van der Waals surface area contributed by atoms with Crippen LogP contribution in [0.2, 0.25) is 0 Å². The Morgan fingerprint density at radius 2 is 2.24 bits per heavy atom. The molecule has 1 aromatic carbocycles. The van der Waals surface area contributed by atoms with Crippen molar-refractivity contribution in [1.29, 1.82) is 0 Å². The van der Waals surface area contributed by atoms with Gasteiger partial charge in [-0.2, -0.15) is 0 Å². The standard InChI is InChI=1S/C16H24FN3O/c1-3-6-20(14-9-18-10-14)11-16(21)19-8-13-5-4-12(2)15(17)7-13/h4-5,7,14,18H,3,6,8-11H2,1-2H3,(H,19,21). The molecule has 116 valence electrons. The Morgan fingerprint density at radius 3 is 2.81 bits per heavy atom. The molecule has 0 radical (unpaired) electrons. The van der Waals surface area contributed by atoms with Gasteiger partial charge in [-0.1, -0.05) is 19.1 Å². The number of nitrogens with zero attached hydrogens (tertiary/aromatic N) is 1. The molecule has 0 spiro atoms. The summed E-state index contributed by atoms with van der Waals surface area (Å²) in [4.78, 5) is 14.2. The highest BCUT2D eigenvalue weighted by molar-refractivity contribution is 5.78. The second kappa shape index (κ2) is 7.52. The number of halogens is 1. The lowest BCUT2D eigenvalue weighted by molar-refractivity contribution is -0.123. The number of carbonyl (C=O) groups is 1. The Bertz CT molecular complexity index is 488. The van der Waals surface area contributed by atoms with E-state index in [1.165, 1.54) is 6.07 Å². The summed E-state index contributed by atoms with van der Waals surface area (Å²) in [6.07, 6.45) is 1.03. The average Bonchev–Trinajstić information content (AvgIpc) is 2.38. The highest BCUT2D eigenvalue weighted by Gasteiger charge is 2.25. The number of nitrogens with one attached hydrogen (secondary N) is 2. The van der Waals surface area contributed by atoms with Crippen LogP contribution in [-0.4, -0.2) is 43.0 Å². The third kappa shape index (κ3) is 4.51. The Kier molecular flexibility index (Phi) is 5.70. The number of amides is 1. The highest BCUT2D eigenvalue weighted by atomic mass is 19.1. The smallest absolute Gasteiger partial charge is 0.234 e. The summed E-state index contributed by atoms with van der Waals surface area (Å²) in [6, 6.07) is 5.53. The molecule has 0 unspecified atom stereocenters. The van der Waals surface area contributed by atoms with Crippen LogP contribution in [0.1, 0.15) is 24.5 Å². The summed E-state index contributed by atoms with van der Waals surface area (Å²) >= 11 is 0. The van der Waals surface area contributed by atoms with E-state index in [0.29, 0.717) is 24.7 Å². The van der Waals surface area contributed by atoms with Crippen LogP contribution in [0.25, 0.3) is 0 Å². The van der Waals surface area contributed by atoms with Gasteiger partial charge in [-0.15, -0.1) is 0 Å². The van der Waals surface area contributed by atoms with Crippen molar-refractivity contribution in [2.45, 2.75) is 32.9 Å². The number of hydrogen-bond donors (Lipinski definition) is 2. The minimum absolute atomic E-state index is 0.00340. The molecule has 21 heavy (non-hydrogen) atoms. The van der Waals surface area contributed by atoms with Crippen molar-refractivity contribution >= 4 is 5.91 Å². The lowest BCUT2D eigenvalue weighted by Gasteiger charge is -2.37. The second-order valence-corrected chi connectivity index (χ2v) is 5.64. The van der Waals surface area contributed by atoms with Gasteiger partial charge < -0.3 is 10.6 Å². The predicted octanol–water partition coefficient (Wildman–Crippen LogP) is 1.43. The van der Waals surface area contributed by atoms with Gasteiger partial charge in [0.1, 0.15) is 5.82 Å². The normalized spacial score (nSPS) is 15.0. The van der Waals surface area contributed by atoms with E-state index >= 15 is 0 Å². The van der Waals surface area contributed by atoms with E-state index in [1.54, 1.807) is 13.0 Å². The maximum atomic E-state index is 13.4. The van der Waals surface area contributed by atoms with Crippen molar-refractivity contribution in [3.05, 3.63) is 35.1 Å². The van der Waals surface area contributed by atoms with Crippen LogP contribution >= 0.6 is 0 Å². The zero-order valence-corrected chi connectivity index (χ0v) is 12.8.